The highest BCUT2D eigenvalue weighted by Crippen LogP contribution is 2.30. The zero-order valence-corrected chi connectivity index (χ0v) is 19.8. The minimum absolute atomic E-state index is 0.335. The molecule has 0 aliphatic carbocycles. The van der Waals surface area contributed by atoms with Gasteiger partial charge in [0.2, 0.25) is 0 Å². The van der Waals surface area contributed by atoms with Crippen LogP contribution in [-0.4, -0.2) is 59.3 Å². The molecule has 174 valence electrons. The van der Waals surface area contributed by atoms with Crippen molar-refractivity contribution in [1.82, 2.24) is 14.9 Å². The summed E-state index contributed by atoms with van der Waals surface area (Å²) in [7, 11) is 0. The number of anilines is 1. The van der Waals surface area contributed by atoms with E-state index in [9.17, 15) is 4.39 Å². The number of fused-ring (bicyclic) bond motifs is 1. The van der Waals surface area contributed by atoms with Gasteiger partial charge in [-0.15, -0.1) is 0 Å². The number of halogens is 2. The molecule has 0 saturated carbocycles. The van der Waals surface area contributed by atoms with Gasteiger partial charge in [0, 0.05) is 35.3 Å². The van der Waals surface area contributed by atoms with E-state index in [1.807, 2.05) is 24.4 Å². The van der Waals surface area contributed by atoms with Gasteiger partial charge in [-0.2, -0.15) is 0 Å². The van der Waals surface area contributed by atoms with Gasteiger partial charge < -0.3 is 4.90 Å². The molecule has 5 heterocycles. The lowest BCUT2D eigenvalue weighted by molar-refractivity contribution is 0.175. The predicted molar refractivity (Wildman–Crippen MR) is 136 cm³/mol. The molecule has 0 radical (unpaired) electrons. The normalized spacial score (nSPS) is 21.2. The number of aliphatic imine (C=N–C) groups is 1. The molecule has 7 heteroatoms. The third-order valence-electron chi connectivity index (χ3n) is 7.22. The smallest absolute Gasteiger partial charge is 0.132 e. The van der Waals surface area contributed by atoms with Gasteiger partial charge in [0.05, 0.1) is 40.9 Å². The number of benzene rings is 1. The number of hydrogen-bond donors (Lipinski definition) is 0. The average molecular weight is 476 g/mol. The summed E-state index contributed by atoms with van der Waals surface area (Å²) in [5, 5.41) is 0.485. The van der Waals surface area contributed by atoms with Crippen molar-refractivity contribution in [1.29, 1.82) is 0 Å². The first-order valence-corrected chi connectivity index (χ1v) is 12.5. The van der Waals surface area contributed by atoms with Gasteiger partial charge in [-0.3, -0.25) is 14.9 Å². The summed E-state index contributed by atoms with van der Waals surface area (Å²) >= 11 is 6.13. The van der Waals surface area contributed by atoms with Crippen molar-refractivity contribution in [3.63, 3.8) is 0 Å². The Hall–Kier alpha value is -2.83. The summed E-state index contributed by atoms with van der Waals surface area (Å²) in [6.07, 6.45) is 9.16. The fourth-order valence-corrected chi connectivity index (χ4v) is 5.59. The molecule has 34 heavy (non-hydrogen) atoms. The summed E-state index contributed by atoms with van der Waals surface area (Å²) in [5.41, 5.74) is 5.42. The third kappa shape index (κ3) is 4.10. The van der Waals surface area contributed by atoms with Crippen LogP contribution in [0.3, 0.4) is 0 Å². The van der Waals surface area contributed by atoms with Crippen LogP contribution in [0.2, 0.25) is 5.02 Å². The van der Waals surface area contributed by atoms with Gasteiger partial charge in [0.1, 0.15) is 5.82 Å². The molecule has 1 aromatic carbocycles. The molecule has 1 atom stereocenters. The van der Waals surface area contributed by atoms with Crippen molar-refractivity contribution in [2.45, 2.75) is 31.7 Å². The topological polar surface area (TPSA) is 44.6 Å². The second-order valence-electron chi connectivity index (χ2n) is 9.34. The predicted octanol–water partition coefficient (Wildman–Crippen LogP) is 5.37. The van der Waals surface area contributed by atoms with Crippen molar-refractivity contribution in [3.8, 4) is 0 Å². The largest absolute Gasteiger partial charge is 0.369 e. The molecule has 3 aliphatic rings. The van der Waals surface area contributed by atoms with Gasteiger partial charge in [0.25, 0.3) is 0 Å². The van der Waals surface area contributed by atoms with Gasteiger partial charge in [-0.05, 0) is 68.8 Å². The van der Waals surface area contributed by atoms with Crippen LogP contribution < -0.4 is 4.90 Å². The first-order valence-electron chi connectivity index (χ1n) is 12.1. The zero-order valence-electron chi connectivity index (χ0n) is 19.1. The number of piperidine rings is 1. The number of pyridine rings is 2. The van der Waals surface area contributed by atoms with E-state index < -0.39 is 0 Å². The fourth-order valence-electron chi connectivity index (χ4n) is 5.42. The van der Waals surface area contributed by atoms with Crippen molar-refractivity contribution < 1.29 is 4.39 Å². The summed E-state index contributed by atoms with van der Waals surface area (Å²) in [5.74, 6) is -0.335. The number of hydrogen-bond acceptors (Lipinski definition) is 5. The van der Waals surface area contributed by atoms with Gasteiger partial charge in [0.15, 0.2) is 0 Å². The van der Waals surface area contributed by atoms with Crippen LogP contribution in [0.4, 0.5) is 10.1 Å². The molecule has 0 unspecified atom stereocenters. The molecule has 0 amide bonds. The van der Waals surface area contributed by atoms with E-state index in [0.717, 1.165) is 41.1 Å². The zero-order chi connectivity index (χ0) is 23.1. The lowest BCUT2D eigenvalue weighted by Crippen LogP contribution is -2.40. The van der Waals surface area contributed by atoms with E-state index in [2.05, 4.69) is 25.8 Å². The Morgan fingerprint density at radius 1 is 0.971 bits per heavy atom. The van der Waals surface area contributed by atoms with Gasteiger partial charge in [-0.1, -0.05) is 24.1 Å². The van der Waals surface area contributed by atoms with Gasteiger partial charge in [-0.25, -0.2) is 9.37 Å². The molecule has 6 rings (SSSR count). The number of allylic oxidation sites excluding steroid dienone is 1. The maximum absolute atomic E-state index is 14.5. The minimum atomic E-state index is -0.335. The molecule has 3 aromatic rings. The standard InChI is InChI=1S/C27H27ClFN5/c28-18-4-5-23(29)22(14-18)27-21(8-10-30-27)24-6-7-25-26(32-24)15-20(16-31-25)34-13-9-19(17-34)33-11-2-1-3-12-33/h4-8,14-16,19H,1-3,9-13,17H2/t19-/m1/s1. The van der Waals surface area contributed by atoms with Crippen LogP contribution in [0.1, 0.15) is 36.9 Å². The van der Waals surface area contributed by atoms with Crippen molar-refractivity contribution in [2.24, 2.45) is 4.99 Å². The highest BCUT2D eigenvalue weighted by molar-refractivity contribution is 6.35. The van der Waals surface area contributed by atoms with Crippen LogP contribution in [0.25, 0.3) is 16.6 Å². The van der Waals surface area contributed by atoms with E-state index in [1.54, 1.807) is 12.1 Å². The van der Waals surface area contributed by atoms with E-state index in [1.165, 1.54) is 44.8 Å². The SMILES string of the molecule is Fc1ccc(Cl)cc1C1=NCC=C1c1ccc2ncc(N3CC[C@@H](N4CCCCC4)C3)cc2n1. The van der Waals surface area contributed by atoms with E-state index in [4.69, 9.17) is 16.6 Å². The molecule has 0 bridgehead atoms. The van der Waals surface area contributed by atoms with Crippen LogP contribution in [-0.2, 0) is 0 Å². The highest BCUT2D eigenvalue weighted by Gasteiger charge is 2.29. The Kier molecular flexibility index (Phi) is 5.79. The van der Waals surface area contributed by atoms with E-state index in [-0.39, 0.29) is 5.82 Å². The van der Waals surface area contributed by atoms with E-state index >= 15 is 0 Å². The number of likely N-dealkylation sites (tertiary alicyclic amines) is 1. The van der Waals surface area contributed by atoms with Gasteiger partial charge >= 0.3 is 0 Å². The van der Waals surface area contributed by atoms with Crippen LogP contribution in [0.5, 0.6) is 0 Å². The number of rotatable bonds is 4. The van der Waals surface area contributed by atoms with Crippen LogP contribution in [0, 0.1) is 5.82 Å². The maximum Gasteiger partial charge on any atom is 0.132 e. The molecule has 2 fully saturated rings. The summed E-state index contributed by atoms with van der Waals surface area (Å²) in [4.78, 5) is 19.2. The molecular formula is C27H27ClFN5. The summed E-state index contributed by atoms with van der Waals surface area (Å²) in [6.45, 7) is 5.05. The highest BCUT2D eigenvalue weighted by atomic mass is 35.5. The second-order valence-corrected chi connectivity index (χ2v) is 9.78. The molecule has 0 spiro atoms. The molecule has 2 aromatic heterocycles. The molecule has 3 aliphatic heterocycles. The fraction of sp³-hybridized carbons (Fsp3) is 0.370. The monoisotopic (exact) mass is 475 g/mol. The molecular weight excluding hydrogens is 449 g/mol. The molecule has 5 nitrogen and oxygen atoms in total. The Morgan fingerprint density at radius 3 is 2.74 bits per heavy atom. The Bertz CT molecular complexity index is 1300. The second kappa shape index (κ2) is 9.08. The summed E-state index contributed by atoms with van der Waals surface area (Å²) < 4.78 is 14.5. The third-order valence-corrected chi connectivity index (χ3v) is 7.45. The minimum Gasteiger partial charge on any atom is -0.369 e. The van der Waals surface area contributed by atoms with Crippen LogP contribution >= 0.6 is 11.6 Å². The van der Waals surface area contributed by atoms with Crippen molar-refractivity contribution in [2.75, 3.05) is 37.6 Å². The Labute approximate surface area is 204 Å². The average Bonchev–Trinajstić information content (AvgIpc) is 3.56. The molecule has 2 saturated heterocycles. The lowest BCUT2D eigenvalue weighted by Gasteiger charge is -2.32. The molecule has 0 N–H and O–H groups in total. The number of nitrogens with zero attached hydrogens (tertiary/aromatic N) is 5. The van der Waals surface area contributed by atoms with E-state index in [0.29, 0.717) is 28.9 Å². The number of aromatic nitrogens is 2. The first-order chi connectivity index (χ1) is 16.7. The van der Waals surface area contributed by atoms with Crippen LogP contribution in [0.15, 0.2) is 53.7 Å². The summed E-state index contributed by atoms with van der Waals surface area (Å²) in [6, 6.07) is 11.2. The Morgan fingerprint density at radius 2 is 1.85 bits per heavy atom. The van der Waals surface area contributed by atoms with Crippen molar-refractivity contribution in [3.05, 3.63) is 70.8 Å². The van der Waals surface area contributed by atoms with Crippen molar-refractivity contribution >= 4 is 39.6 Å². The Balaban J connectivity index is 1.27. The lowest BCUT2D eigenvalue weighted by atomic mass is 10.00. The first kappa shape index (κ1) is 21.7. The quantitative estimate of drug-likeness (QED) is 0.508. The maximum atomic E-state index is 14.5.